The van der Waals surface area contributed by atoms with Crippen LogP contribution in [0.2, 0.25) is 10.0 Å². The van der Waals surface area contributed by atoms with Crippen molar-refractivity contribution < 1.29 is 9.59 Å². The third-order valence-electron chi connectivity index (χ3n) is 3.69. The topological polar surface area (TPSA) is 61.4 Å². The van der Waals surface area contributed by atoms with Gasteiger partial charge in [0, 0.05) is 29.5 Å². The Morgan fingerprint density at radius 3 is 2.54 bits per heavy atom. The molecule has 0 unspecified atom stereocenters. The predicted molar refractivity (Wildman–Crippen MR) is 96.2 cm³/mol. The molecule has 2 aromatic carbocycles. The number of benzene rings is 2. The van der Waals surface area contributed by atoms with Crippen LogP contribution >= 0.6 is 23.2 Å². The van der Waals surface area contributed by atoms with Crippen LogP contribution in [-0.4, -0.2) is 25.0 Å². The number of amides is 3. The summed E-state index contributed by atoms with van der Waals surface area (Å²) in [5.74, 6) is -0.319. The van der Waals surface area contributed by atoms with E-state index in [1.165, 1.54) is 6.07 Å². The molecule has 0 aliphatic carbocycles. The van der Waals surface area contributed by atoms with Crippen molar-refractivity contribution in [2.75, 3.05) is 23.3 Å². The zero-order chi connectivity index (χ0) is 17.1. The molecule has 1 saturated heterocycles. The first-order chi connectivity index (χ1) is 11.5. The molecule has 0 radical (unpaired) electrons. The molecule has 24 heavy (non-hydrogen) atoms. The lowest BCUT2D eigenvalue weighted by atomic mass is 10.2. The molecule has 0 saturated carbocycles. The molecule has 2 aromatic rings. The molecule has 1 aliphatic rings. The summed E-state index contributed by atoms with van der Waals surface area (Å²) >= 11 is 11.9. The van der Waals surface area contributed by atoms with E-state index < -0.39 is 0 Å². The maximum atomic E-state index is 12.3. The Morgan fingerprint density at radius 2 is 1.88 bits per heavy atom. The van der Waals surface area contributed by atoms with E-state index in [-0.39, 0.29) is 11.9 Å². The van der Waals surface area contributed by atoms with Gasteiger partial charge in [-0.3, -0.25) is 9.69 Å². The Bertz CT molecular complexity index is 778. The van der Waals surface area contributed by atoms with Crippen LogP contribution in [0.4, 0.5) is 16.2 Å². The molecule has 1 heterocycles. The Hall–Kier alpha value is -2.24. The quantitative estimate of drug-likeness (QED) is 0.859. The van der Waals surface area contributed by atoms with E-state index in [2.05, 4.69) is 10.6 Å². The zero-order valence-corrected chi connectivity index (χ0v) is 14.2. The lowest BCUT2D eigenvalue weighted by Gasteiger charge is -2.27. The summed E-state index contributed by atoms with van der Waals surface area (Å²) in [7, 11) is 0. The van der Waals surface area contributed by atoms with Crippen molar-refractivity contribution in [2.24, 2.45) is 0 Å². The smallest absolute Gasteiger partial charge is 0.321 e. The van der Waals surface area contributed by atoms with Crippen LogP contribution in [0.15, 0.2) is 42.5 Å². The molecule has 3 rings (SSSR count). The minimum Gasteiger partial charge on any atom is -0.338 e. The second kappa shape index (κ2) is 7.11. The first-order valence-corrected chi connectivity index (χ1v) is 8.22. The number of hydrogen-bond acceptors (Lipinski definition) is 2. The van der Waals surface area contributed by atoms with Crippen molar-refractivity contribution >= 4 is 46.5 Å². The highest BCUT2D eigenvalue weighted by Gasteiger charge is 2.19. The molecule has 0 spiro atoms. The fourth-order valence-corrected chi connectivity index (χ4v) is 2.97. The van der Waals surface area contributed by atoms with Gasteiger partial charge in [0.1, 0.15) is 0 Å². The lowest BCUT2D eigenvalue weighted by molar-refractivity contribution is 0.102. The first kappa shape index (κ1) is 16.6. The van der Waals surface area contributed by atoms with Crippen molar-refractivity contribution in [3.05, 3.63) is 58.1 Å². The van der Waals surface area contributed by atoms with E-state index in [0.717, 1.165) is 12.1 Å². The van der Waals surface area contributed by atoms with Gasteiger partial charge in [0.15, 0.2) is 0 Å². The number of rotatable bonds is 3. The van der Waals surface area contributed by atoms with Gasteiger partial charge in [-0.25, -0.2) is 4.79 Å². The van der Waals surface area contributed by atoms with Gasteiger partial charge >= 0.3 is 6.03 Å². The van der Waals surface area contributed by atoms with Crippen LogP contribution in [-0.2, 0) is 0 Å². The maximum absolute atomic E-state index is 12.3. The molecule has 0 atom stereocenters. The van der Waals surface area contributed by atoms with Crippen molar-refractivity contribution in [1.82, 2.24) is 5.32 Å². The second-order valence-corrected chi connectivity index (χ2v) is 6.21. The summed E-state index contributed by atoms with van der Waals surface area (Å²) in [6, 6.07) is 11.7. The maximum Gasteiger partial charge on any atom is 0.321 e. The molecule has 3 amide bonds. The van der Waals surface area contributed by atoms with E-state index in [9.17, 15) is 9.59 Å². The van der Waals surface area contributed by atoms with E-state index in [1.54, 1.807) is 41.3 Å². The van der Waals surface area contributed by atoms with Crippen molar-refractivity contribution in [3.8, 4) is 0 Å². The minimum atomic E-state index is -0.319. The van der Waals surface area contributed by atoms with E-state index >= 15 is 0 Å². The molecule has 1 fully saturated rings. The lowest BCUT2D eigenvalue weighted by Crippen LogP contribution is -2.46. The van der Waals surface area contributed by atoms with Gasteiger partial charge in [0.25, 0.3) is 5.91 Å². The Balaban J connectivity index is 1.72. The van der Waals surface area contributed by atoms with Gasteiger partial charge in [-0.1, -0.05) is 23.2 Å². The van der Waals surface area contributed by atoms with Crippen LogP contribution < -0.4 is 15.5 Å². The van der Waals surface area contributed by atoms with Crippen LogP contribution in [0.25, 0.3) is 0 Å². The number of halogens is 2. The molecular formula is C17H15Cl2N3O2. The van der Waals surface area contributed by atoms with Crippen LogP contribution in [0.1, 0.15) is 16.8 Å². The average Bonchev–Trinajstić information content (AvgIpc) is 2.56. The third-order valence-corrected chi connectivity index (χ3v) is 4.24. The summed E-state index contributed by atoms with van der Waals surface area (Å²) in [5, 5.41) is 6.34. The molecule has 2 N–H and O–H groups in total. The molecular weight excluding hydrogens is 349 g/mol. The number of urea groups is 1. The van der Waals surface area contributed by atoms with Crippen LogP contribution in [0.3, 0.4) is 0 Å². The molecule has 5 nitrogen and oxygen atoms in total. The number of hydrogen-bond donors (Lipinski definition) is 2. The second-order valence-electron chi connectivity index (χ2n) is 5.36. The molecule has 1 aliphatic heterocycles. The van der Waals surface area contributed by atoms with Crippen LogP contribution in [0.5, 0.6) is 0 Å². The van der Waals surface area contributed by atoms with Gasteiger partial charge in [-0.2, -0.15) is 0 Å². The number of nitrogens with zero attached hydrogens (tertiary/aromatic N) is 1. The Labute approximate surface area is 149 Å². The average molecular weight is 364 g/mol. The largest absolute Gasteiger partial charge is 0.338 e. The van der Waals surface area contributed by atoms with Crippen molar-refractivity contribution in [3.63, 3.8) is 0 Å². The van der Waals surface area contributed by atoms with Gasteiger partial charge in [0.2, 0.25) is 0 Å². The van der Waals surface area contributed by atoms with E-state index in [4.69, 9.17) is 23.2 Å². The normalized spacial score (nSPS) is 14.2. The molecule has 0 bridgehead atoms. The van der Waals surface area contributed by atoms with Crippen LogP contribution in [0, 0.1) is 0 Å². The van der Waals surface area contributed by atoms with Crippen molar-refractivity contribution in [1.29, 1.82) is 0 Å². The summed E-state index contributed by atoms with van der Waals surface area (Å²) in [6.45, 7) is 1.38. The third kappa shape index (κ3) is 3.63. The molecule has 0 aromatic heterocycles. The van der Waals surface area contributed by atoms with Crippen molar-refractivity contribution in [2.45, 2.75) is 6.42 Å². The van der Waals surface area contributed by atoms with Gasteiger partial charge in [0.05, 0.1) is 10.6 Å². The summed E-state index contributed by atoms with van der Waals surface area (Å²) in [4.78, 5) is 25.8. The monoisotopic (exact) mass is 363 g/mol. The zero-order valence-electron chi connectivity index (χ0n) is 12.7. The van der Waals surface area contributed by atoms with E-state index in [1.807, 2.05) is 0 Å². The van der Waals surface area contributed by atoms with Gasteiger partial charge in [-0.05, 0) is 48.9 Å². The standard InChI is InChI=1S/C17H15Cl2N3O2/c18-11-2-7-14(15(19)10-11)16(23)21-12-3-5-13(6-4-12)22-9-1-8-20-17(22)24/h2-7,10H,1,8-9H2,(H,20,24)(H,21,23). The van der Waals surface area contributed by atoms with Gasteiger partial charge in [-0.15, -0.1) is 0 Å². The summed E-state index contributed by atoms with van der Waals surface area (Å²) in [6.07, 6.45) is 0.902. The Morgan fingerprint density at radius 1 is 1.12 bits per heavy atom. The predicted octanol–water partition coefficient (Wildman–Crippen LogP) is 4.17. The Kier molecular flexibility index (Phi) is 4.92. The number of nitrogens with one attached hydrogen (secondary N) is 2. The minimum absolute atomic E-state index is 0.106. The fraction of sp³-hybridized carbons (Fsp3) is 0.176. The fourth-order valence-electron chi connectivity index (χ4n) is 2.47. The first-order valence-electron chi connectivity index (χ1n) is 7.46. The van der Waals surface area contributed by atoms with E-state index in [0.29, 0.717) is 34.4 Å². The number of carbonyl (C=O) groups excluding carboxylic acids is 2. The molecule has 7 heteroatoms. The highest BCUT2D eigenvalue weighted by atomic mass is 35.5. The highest BCUT2D eigenvalue weighted by Crippen LogP contribution is 2.23. The summed E-state index contributed by atoms with van der Waals surface area (Å²) in [5.41, 5.74) is 1.75. The van der Waals surface area contributed by atoms with Gasteiger partial charge < -0.3 is 10.6 Å². The summed E-state index contributed by atoms with van der Waals surface area (Å²) < 4.78 is 0. The number of anilines is 2. The number of carbonyl (C=O) groups is 2. The molecule has 124 valence electrons. The highest BCUT2D eigenvalue weighted by molar-refractivity contribution is 6.37. The SMILES string of the molecule is O=C(Nc1ccc(N2CCCNC2=O)cc1)c1ccc(Cl)cc1Cl.